The summed E-state index contributed by atoms with van der Waals surface area (Å²) in [5.41, 5.74) is 5.28. The van der Waals surface area contributed by atoms with Gasteiger partial charge >= 0.3 is 0 Å². The Kier molecular flexibility index (Phi) is 2.87. The lowest BCUT2D eigenvalue weighted by atomic mass is 9.89. The lowest BCUT2D eigenvalue weighted by molar-refractivity contribution is -0.130. The summed E-state index contributed by atoms with van der Waals surface area (Å²) in [5, 5.41) is 11.9. The Balaban J connectivity index is 2.80. The molecule has 1 aliphatic rings. The van der Waals surface area contributed by atoms with Crippen molar-refractivity contribution >= 4 is 11.9 Å². The first-order valence-corrected chi connectivity index (χ1v) is 4.38. The highest BCUT2D eigenvalue weighted by Gasteiger charge is 2.34. The fourth-order valence-electron chi connectivity index (χ4n) is 1.41. The maximum atomic E-state index is 11.4. The SMILES string of the molecule is CCC(C)C1C(=O)NC(N)=NC1O. The first kappa shape index (κ1) is 9.98. The molecule has 0 aromatic carbocycles. The summed E-state index contributed by atoms with van der Waals surface area (Å²) in [6, 6.07) is 0. The van der Waals surface area contributed by atoms with Gasteiger partial charge in [0, 0.05) is 0 Å². The third kappa shape index (κ3) is 1.98. The van der Waals surface area contributed by atoms with Crippen molar-refractivity contribution in [2.45, 2.75) is 26.5 Å². The van der Waals surface area contributed by atoms with E-state index in [0.29, 0.717) is 0 Å². The van der Waals surface area contributed by atoms with Crippen LogP contribution in [0.3, 0.4) is 0 Å². The van der Waals surface area contributed by atoms with Gasteiger partial charge in [-0.2, -0.15) is 0 Å². The van der Waals surface area contributed by atoms with Crippen molar-refractivity contribution < 1.29 is 9.90 Å². The summed E-state index contributed by atoms with van der Waals surface area (Å²) in [6.45, 7) is 3.87. The second-order valence-electron chi connectivity index (χ2n) is 3.33. The van der Waals surface area contributed by atoms with E-state index in [1.807, 2.05) is 13.8 Å². The minimum absolute atomic E-state index is 0.00273. The van der Waals surface area contributed by atoms with E-state index in [-0.39, 0.29) is 17.8 Å². The number of nitrogens with one attached hydrogen (secondary N) is 1. The topological polar surface area (TPSA) is 87.7 Å². The van der Waals surface area contributed by atoms with Crippen molar-refractivity contribution in [3.05, 3.63) is 0 Å². The molecule has 0 spiro atoms. The van der Waals surface area contributed by atoms with Crippen LogP contribution < -0.4 is 11.1 Å². The van der Waals surface area contributed by atoms with Gasteiger partial charge in [-0.1, -0.05) is 20.3 Å². The lowest BCUT2D eigenvalue weighted by Crippen LogP contribution is -2.51. The molecular formula is C8H15N3O2. The molecule has 4 N–H and O–H groups in total. The van der Waals surface area contributed by atoms with E-state index in [9.17, 15) is 9.90 Å². The molecule has 13 heavy (non-hydrogen) atoms. The largest absolute Gasteiger partial charge is 0.371 e. The average Bonchev–Trinajstić information content (AvgIpc) is 2.02. The van der Waals surface area contributed by atoms with Gasteiger partial charge in [0.2, 0.25) is 5.91 Å². The number of aliphatic imine (C=N–C) groups is 1. The Bertz CT molecular complexity index is 240. The minimum atomic E-state index is -0.997. The van der Waals surface area contributed by atoms with Crippen LogP contribution in [0.4, 0.5) is 0 Å². The molecule has 5 nitrogen and oxygen atoms in total. The maximum Gasteiger partial charge on any atom is 0.234 e. The van der Waals surface area contributed by atoms with Crippen molar-refractivity contribution in [2.24, 2.45) is 22.6 Å². The van der Waals surface area contributed by atoms with Crippen LogP contribution in [0.2, 0.25) is 0 Å². The second-order valence-corrected chi connectivity index (χ2v) is 3.33. The zero-order valence-corrected chi connectivity index (χ0v) is 7.82. The van der Waals surface area contributed by atoms with Gasteiger partial charge in [-0.3, -0.25) is 10.1 Å². The van der Waals surface area contributed by atoms with Crippen molar-refractivity contribution in [2.75, 3.05) is 0 Å². The summed E-state index contributed by atoms with van der Waals surface area (Å²) >= 11 is 0. The summed E-state index contributed by atoms with van der Waals surface area (Å²) in [6.07, 6.45) is -0.173. The molecule has 0 aliphatic carbocycles. The number of aliphatic hydroxyl groups excluding tert-OH is 1. The molecule has 3 unspecified atom stereocenters. The van der Waals surface area contributed by atoms with E-state index in [1.54, 1.807) is 0 Å². The molecule has 0 aromatic rings. The summed E-state index contributed by atoms with van der Waals surface area (Å²) in [7, 11) is 0. The Labute approximate surface area is 77.0 Å². The van der Waals surface area contributed by atoms with Gasteiger partial charge in [-0.05, 0) is 5.92 Å². The van der Waals surface area contributed by atoms with Gasteiger partial charge in [-0.15, -0.1) is 0 Å². The summed E-state index contributed by atoms with van der Waals surface area (Å²) in [5.74, 6) is -0.615. The van der Waals surface area contributed by atoms with Crippen LogP contribution in [0.5, 0.6) is 0 Å². The van der Waals surface area contributed by atoms with E-state index >= 15 is 0 Å². The molecule has 1 amide bonds. The molecular weight excluding hydrogens is 170 g/mol. The summed E-state index contributed by atoms with van der Waals surface area (Å²) < 4.78 is 0. The van der Waals surface area contributed by atoms with Gasteiger partial charge in [-0.25, -0.2) is 4.99 Å². The highest BCUT2D eigenvalue weighted by Crippen LogP contribution is 2.21. The third-order valence-corrected chi connectivity index (χ3v) is 2.40. The highest BCUT2D eigenvalue weighted by molar-refractivity contribution is 5.99. The smallest absolute Gasteiger partial charge is 0.234 e. The van der Waals surface area contributed by atoms with Gasteiger partial charge in [0.15, 0.2) is 12.2 Å². The number of guanidine groups is 1. The normalized spacial score (nSPS) is 30.7. The van der Waals surface area contributed by atoms with Gasteiger partial charge in [0.25, 0.3) is 0 Å². The number of aliphatic hydroxyl groups is 1. The van der Waals surface area contributed by atoms with Crippen molar-refractivity contribution in [3.63, 3.8) is 0 Å². The number of amides is 1. The predicted octanol–water partition coefficient (Wildman–Crippen LogP) is -0.588. The summed E-state index contributed by atoms with van der Waals surface area (Å²) in [4.78, 5) is 15.1. The molecule has 0 saturated carbocycles. The monoisotopic (exact) mass is 185 g/mol. The van der Waals surface area contributed by atoms with Crippen molar-refractivity contribution in [3.8, 4) is 0 Å². The van der Waals surface area contributed by atoms with Crippen molar-refractivity contribution in [1.82, 2.24) is 5.32 Å². The number of nitrogens with two attached hydrogens (primary N) is 1. The third-order valence-electron chi connectivity index (χ3n) is 2.40. The molecule has 0 radical (unpaired) electrons. The minimum Gasteiger partial charge on any atom is -0.371 e. The molecule has 0 saturated heterocycles. The highest BCUT2D eigenvalue weighted by atomic mass is 16.3. The number of hydrogen-bond donors (Lipinski definition) is 3. The van der Waals surface area contributed by atoms with Gasteiger partial charge in [0.05, 0.1) is 5.92 Å². The van der Waals surface area contributed by atoms with Crippen LogP contribution in [0.25, 0.3) is 0 Å². The van der Waals surface area contributed by atoms with Crippen LogP contribution in [0.1, 0.15) is 20.3 Å². The number of nitrogens with zero attached hydrogens (tertiary/aromatic N) is 1. The van der Waals surface area contributed by atoms with Crippen molar-refractivity contribution in [1.29, 1.82) is 0 Å². The molecule has 0 fully saturated rings. The van der Waals surface area contributed by atoms with Crippen LogP contribution in [0.15, 0.2) is 4.99 Å². The fraction of sp³-hybridized carbons (Fsp3) is 0.750. The zero-order valence-electron chi connectivity index (χ0n) is 7.82. The maximum absolute atomic E-state index is 11.4. The van der Waals surface area contributed by atoms with E-state index in [4.69, 9.17) is 5.73 Å². The van der Waals surface area contributed by atoms with Crippen LogP contribution in [0, 0.1) is 11.8 Å². The number of hydrogen-bond acceptors (Lipinski definition) is 4. The second kappa shape index (κ2) is 3.74. The Morgan fingerprint density at radius 3 is 2.85 bits per heavy atom. The molecule has 0 bridgehead atoms. The molecule has 1 heterocycles. The zero-order chi connectivity index (χ0) is 10.0. The van der Waals surface area contributed by atoms with E-state index in [2.05, 4.69) is 10.3 Å². The fourth-order valence-corrected chi connectivity index (χ4v) is 1.41. The van der Waals surface area contributed by atoms with E-state index in [1.165, 1.54) is 0 Å². The molecule has 0 aromatic heterocycles. The Hall–Kier alpha value is -1.10. The number of carbonyl (C=O) groups is 1. The molecule has 1 rings (SSSR count). The Morgan fingerprint density at radius 1 is 1.77 bits per heavy atom. The van der Waals surface area contributed by atoms with Crippen LogP contribution >= 0.6 is 0 Å². The number of rotatable bonds is 2. The standard InChI is InChI=1S/C8H15N3O2/c1-3-4(2)5-6(12)10-8(9)11-7(5)13/h4-6,12H,3H2,1-2H3,(H3,9,10,11,13). The van der Waals surface area contributed by atoms with E-state index in [0.717, 1.165) is 6.42 Å². The first-order valence-electron chi connectivity index (χ1n) is 4.38. The van der Waals surface area contributed by atoms with Crippen LogP contribution in [-0.2, 0) is 4.79 Å². The molecule has 3 atom stereocenters. The Morgan fingerprint density at radius 2 is 2.38 bits per heavy atom. The molecule has 74 valence electrons. The average molecular weight is 185 g/mol. The van der Waals surface area contributed by atoms with E-state index < -0.39 is 12.1 Å². The first-order chi connectivity index (χ1) is 6.06. The number of carbonyl (C=O) groups excluding carboxylic acids is 1. The molecule has 1 aliphatic heterocycles. The van der Waals surface area contributed by atoms with Crippen LogP contribution in [-0.4, -0.2) is 23.2 Å². The quantitative estimate of drug-likeness (QED) is 0.537. The predicted molar refractivity (Wildman–Crippen MR) is 48.7 cm³/mol. The van der Waals surface area contributed by atoms with Gasteiger partial charge in [0.1, 0.15) is 0 Å². The van der Waals surface area contributed by atoms with Gasteiger partial charge < -0.3 is 10.8 Å². The molecule has 5 heteroatoms. The lowest BCUT2D eigenvalue weighted by Gasteiger charge is -2.28.